The summed E-state index contributed by atoms with van der Waals surface area (Å²) >= 11 is 0. The fourth-order valence-corrected chi connectivity index (χ4v) is 4.61. The largest absolute Gasteiger partial charge is 0.358 e. The van der Waals surface area contributed by atoms with Gasteiger partial charge in [-0.05, 0) is 43.7 Å². The van der Waals surface area contributed by atoms with E-state index in [4.69, 9.17) is 0 Å². The number of hydrogen-bond donors (Lipinski definition) is 1. The molecule has 2 heterocycles. The third-order valence-electron chi connectivity index (χ3n) is 5.91. The fourth-order valence-electron chi connectivity index (χ4n) is 4.61. The third kappa shape index (κ3) is 1.29. The molecule has 0 bridgehead atoms. The molecule has 114 valence electrons. The quantitative estimate of drug-likeness (QED) is 0.810. The van der Waals surface area contributed by atoms with E-state index in [1.807, 2.05) is 37.9 Å². The molecule has 22 heavy (non-hydrogen) atoms. The van der Waals surface area contributed by atoms with Crippen LogP contribution in [-0.4, -0.2) is 28.1 Å². The van der Waals surface area contributed by atoms with Gasteiger partial charge in [-0.15, -0.1) is 0 Å². The summed E-state index contributed by atoms with van der Waals surface area (Å²) in [7, 11) is 0. The molecule has 2 fully saturated rings. The summed E-state index contributed by atoms with van der Waals surface area (Å²) in [6.45, 7) is 8.70. The van der Waals surface area contributed by atoms with Crippen molar-refractivity contribution >= 4 is 11.7 Å². The summed E-state index contributed by atoms with van der Waals surface area (Å²) in [6.07, 6.45) is 5.43. The minimum atomic E-state index is -0.128. The number of aromatic nitrogens is 1. The van der Waals surface area contributed by atoms with Crippen molar-refractivity contribution in [1.29, 1.82) is 0 Å². The number of hydrogen-bond acceptors (Lipinski definition) is 2. The molecule has 1 aliphatic heterocycles. The molecule has 0 aromatic carbocycles. The highest BCUT2D eigenvalue weighted by Gasteiger charge is 2.73. The molecule has 1 aromatic rings. The zero-order valence-electron chi connectivity index (χ0n) is 13.4. The van der Waals surface area contributed by atoms with E-state index in [2.05, 4.69) is 11.9 Å². The van der Waals surface area contributed by atoms with Gasteiger partial charge < -0.3 is 9.88 Å². The maximum absolute atomic E-state index is 12.6. The summed E-state index contributed by atoms with van der Waals surface area (Å²) < 4.78 is 0. The lowest BCUT2D eigenvalue weighted by Crippen LogP contribution is -2.35. The molecule has 1 spiro atoms. The zero-order chi connectivity index (χ0) is 15.8. The minimum Gasteiger partial charge on any atom is -0.358 e. The van der Waals surface area contributed by atoms with Gasteiger partial charge in [-0.1, -0.05) is 13.0 Å². The number of allylic oxidation sites excluding steroid dienone is 3. The Morgan fingerprint density at radius 3 is 2.91 bits per heavy atom. The highest BCUT2D eigenvalue weighted by Crippen LogP contribution is 2.71. The number of H-pyrrole nitrogens is 1. The van der Waals surface area contributed by atoms with Crippen molar-refractivity contribution in [3.8, 4) is 0 Å². The fraction of sp³-hybridized carbons (Fsp3) is 0.444. The first-order valence-electron chi connectivity index (χ1n) is 7.84. The van der Waals surface area contributed by atoms with Crippen molar-refractivity contribution in [1.82, 2.24) is 9.88 Å². The van der Waals surface area contributed by atoms with Gasteiger partial charge in [-0.2, -0.15) is 0 Å². The Balaban J connectivity index is 1.88. The predicted molar refractivity (Wildman–Crippen MR) is 83.4 cm³/mol. The van der Waals surface area contributed by atoms with Crippen LogP contribution in [0.15, 0.2) is 29.6 Å². The van der Waals surface area contributed by atoms with Crippen LogP contribution >= 0.6 is 0 Å². The summed E-state index contributed by atoms with van der Waals surface area (Å²) in [4.78, 5) is 30.1. The molecule has 1 N–H and O–H groups in total. The standard InChI is InChI=1S/C18H20N2O2/c1-5-9(2)17(22)20-8-12-11(4)18(12)14(20)6-13(21)16-15(18)10(3)7-19-16/h5-7,11-12,19H,8H2,1-4H3. The van der Waals surface area contributed by atoms with Gasteiger partial charge >= 0.3 is 0 Å². The number of piperidine rings is 1. The average molecular weight is 296 g/mol. The van der Waals surface area contributed by atoms with Crippen LogP contribution in [0.1, 0.15) is 42.4 Å². The summed E-state index contributed by atoms with van der Waals surface area (Å²) in [5.41, 5.74) is 4.48. The molecule has 3 atom stereocenters. The van der Waals surface area contributed by atoms with Crippen LogP contribution in [0.3, 0.4) is 0 Å². The maximum Gasteiger partial charge on any atom is 0.253 e. The molecule has 3 aliphatic rings. The number of ketones is 1. The van der Waals surface area contributed by atoms with Crippen LogP contribution in [0.4, 0.5) is 0 Å². The predicted octanol–water partition coefficient (Wildman–Crippen LogP) is 2.72. The van der Waals surface area contributed by atoms with Crippen LogP contribution in [-0.2, 0) is 10.2 Å². The van der Waals surface area contributed by atoms with E-state index >= 15 is 0 Å². The number of aryl methyl sites for hydroxylation is 1. The van der Waals surface area contributed by atoms with Crippen LogP contribution in [0.25, 0.3) is 0 Å². The summed E-state index contributed by atoms with van der Waals surface area (Å²) in [5, 5.41) is 0. The van der Waals surface area contributed by atoms with Gasteiger partial charge in [-0.25, -0.2) is 0 Å². The lowest BCUT2D eigenvalue weighted by Gasteiger charge is -2.30. The minimum absolute atomic E-state index is 0.0144. The van der Waals surface area contributed by atoms with Crippen LogP contribution in [0.5, 0.6) is 0 Å². The highest BCUT2D eigenvalue weighted by atomic mass is 16.2. The first-order chi connectivity index (χ1) is 10.4. The Bertz CT molecular complexity index is 783. The second-order valence-electron chi connectivity index (χ2n) is 6.77. The molecule has 1 amide bonds. The average Bonchev–Trinajstić information content (AvgIpc) is 2.83. The van der Waals surface area contributed by atoms with Crippen molar-refractivity contribution in [3.05, 3.63) is 46.4 Å². The molecule has 4 heteroatoms. The molecule has 1 saturated carbocycles. The number of nitrogens with one attached hydrogen (secondary N) is 1. The zero-order valence-corrected chi connectivity index (χ0v) is 13.4. The number of aromatic amines is 1. The number of nitrogens with zero attached hydrogens (tertiary/aromatic N) is 1. The van der Waals surface area contributed by atoms with Crippen molar-refractivity contribution in [2.24, 2.45) is 11.8 Å². The second kappa shape index (κ2) is 4.00. The lowest BCUT2D eigenvalue weighted by atomic mass is 9.82. The Morgan fingerprint density at radius 1 is 1.50 bits per heavy atom. The normalized spacial score (nSPS) is 32.4. The number of amides is 1. The van der Waals surface area contributed by atoms with Gasteiger partial charge in [0.25, 0.3) is 5.91 Å². The smallest absolute Gasteiger partial charge is 0.253 e. The topological polar surface area (TPSA) is 53.2 Å². The SMILES string of the molecule is CC=C(C)C(=O)N1CC2C(C)C23C1=CC(=O)c1[nH]cc(C)c13. The molecule has 4 nitrogen and oxygen atoms in total. The van der Waals surface area contributed by atoms with E-state index in [1.165, 1.54) is 0 Å². The number of fused-ring (bicyclic) bond motifs is 1. The van der Waals surface area contributed by atoms with Gasteiger partial charge in [0.2, 0.25) is 5.78 Å². The van der Waals surface area contributed by atoms with Gasteiger partial charge in [0.1, 0.15) is 0 Å². The van der Waals surface area contributed by atoms with E-state index in [-0.39, 0.29) is 17.1 Å². The Labute approximate surface area is 129 Å². The van der Waals surface area contributed by atoms with E-state index in [0.717, 1.165) is 22.4 Å². The van der Waals surface area contributed by atoms with Gasteiger partial charge in [0.05, 0.1) is 5.69 Å². The number of likely N-dealkylation sites (tertiary alicyclic amines) is 1. The molecule has 1 aromatic heterocycles. The Kier molecular flexibility index (Phi) is 2.47. The molecule has 1 saturated heterocycles. The van der Waals surface area contributed by atoms with E-state index < -0.39 is 0 Å². The third-order valence-corrected chi connectivity index (χ3v) is 5.91. The molecule has 2 aliphatic carbocycles. The van der Waals surface area contributed by atoms with E-state index in [0.29, 0.717) is 24.1 Å². The van der Waals surface area contributed by atoms with Crippen molar-refractivity contribution in [2.45, 2.75) is 33.1 Å². The van der Waals surface area contributed by atoms with Gasteiger partial charge in [0.15, 0.2) is 0 Å². The van der Waals surface area contributed by atoms with Crippen molar-refractivity contribution in [2.75, 3.05) is 6.54 Å². The van der Waals surface area contributed by atoms with E-state index in [9.17, 15) is 9.59 Å². The number of carbonyl (C=O) groups is 2. The summed E-state index contributed by atoms with van der Waals surface area (Å²) in [5.74, 6) is 0.917. The lowest BCUT2D eigenvalue weighted by molar-refractivity contribution is -0.125. The molecule has 4 rings (SSSR count). The molecular formula is C18H20N2O2. The Hall–Kier alpha value is -2.10. The second-order valence-corrected chi connectivity index (χ2v) is 6.77. The van der Waals surface area contributed by atoms with Gasteiger partial charge in [0, 0.05) is 35.5 Å². The van der Waals surface area contributed by atoms with Crippen molar-refractivity contribution in [3.63, 3.8) is 0 Å². The first-order valence-corrected chi connectivity index (χ1v) is 7.84. The monoisotopic (exact) mass is 296 g/mol. The molecular weight excluding hydrogens is 276 g/mol. The molecule has 3 unspecified atom stereocenters. The van der Waals surface area contributed by atoms with Crippen LogP contribution in [0, 0.1) is 18.8 Å². The number of rotatable bonds is 1. The van der Waals surface area contributed by atoms with E-state index in [1.54, 1.807) is 6.08 Å². The van der Waals surface area contributed by atoms with Gasteiger partial charge in [-0.3, -0.25) is 9.59 Å². The van der Waals surface area contributed by atoms with Crippen LogP contribution < -0.4 is 0 Å². The highest BCUT2D eigenvalue weighted by molar-refractivity contribution is 6.09. The Morgan fingerprint density at radius 2 is 2.23 bits per heavy atom. The summed E-state index contributed by atoms with van der Waals surface area (Å²) in [6, 6.07) is 0. The number of carbonyl (C=O) groups excluding carboxylic acids is 2. The van der Waals surface area contributed by atoms with Crippen molar-refractivity contribution < 1.29 is 9.59 Å². The molecule has 0 radical (unpaired) electrons. The first kappa shape index (κ1) is 13.6. The maximum atomic E-state index is 12.6. The van der Waals surface area contributed by atoms with Crippen LogP contribution in [0.2, 0.25) is 0 Å².